The topological polar surface area (TPSA) is 44.8 Å². The van der Waals surface area contributed by atoms with Gasteiger partial charge in [-0.25, -0.2) is 4.79 Å². The maximum absolute atomic E-state index is 12.5. The second-order valence-electron chi connectivity index (χ2n) is 12.9. The van der Waals surface area contributed by atoms with Gasteiger partial charge in [0, 0.05) is 60.1 Å². The molecule has 1 N–H and O–H groups in total. The molecule has 0 aromatic heterocycles. The van der Waals surface area contributed by atoms with Gasteiger partial charge in [-0.05, 0) is 109 Å². The summed E-state index contributed by atoms with van der Waals surface area (Å²) in [5.74, 6) is -0.163. The SMILES string of the molecule is C=C/C(=C\C=C(/C)C(C1=CC=C(N(CC)CC)CC1)c1ccc(NC2CCCCC2OC(=O)C(=C)C)c2ccccc12)N(CC)CC. The molecule has 4 rings (SSSR count). The fraction of sp³-hybridized carbons (Fsp3) is 0.452. The molecule has 2 aliphatic rings. The third-order valence-corrected chi connectivity index (χ3v) is 9.93. The Morgan fingerprint density at radius 3 is 2.26 bits per heavy atom. The summed E-state index contributed by atoms with van der Waals surface area (Å²) < 4.78 is 5.91. The number of hydrogen-bond acceptors (Lipinski definition) is 5. The van der Waals surface area contributed by atoms with Crippen molar-refractivity contribution in [2.24, 2.45) is 0 Å². The molecule has 0 spiro atoms. The molecular formula is C42H57N3O2. The van der Waals surface area contributed by atoms with Crippen LogP contribution in [0.25, 0.3) is 10.8 Å². The summed E-state index contributed by atoms with van der Waals surface area (Å²) in [5, 5.41) is 6.26. The van der Waals surface area contributed by atoms with E-state index in [1.165, 1.54) is 33.2 Å². The smallest absolute Gasteiger partial charge is 0.333 e. The maximum atomic E-state index is 12.5. The predicted octanol–water partition coefficient (Wildman–Crippen LogP) is 10.1. The van der Waals surface area contributed by atoms with Crippen LogP contribution in [-0.4, -0.2) is 54.1 Å². The number of anilines is 1. The van der Waals surface area contributed by atoms with E-state index >= 15 is 0 Å². The zero-order chi connectivity index (χ0) is 33.9. The Hall–Kier alpha value is -3.99. The van der Waals surface area contributed by atoms with Gasteiger partial charge in [-0.2, -0.15) is 0 Å². The zero-order valence-corrected chi connectivity index (χ0v) is 29.8. The molecule has 252 valence electrons. The highest BCUT2D eigenvalue weighted by Crippen LogP contribution is 2.42. The lowest BCUT2D eigenvalue weighted by atomic mass is 9.79. The summed E-state index contributed by atoms with van der Waals surface area (Å²) in [7, 11) is 0. The molecule has 0 aliphatic heterocycles. The van der Waals surface area contributed by atoms with Gasteiger partial charge in [0.05, 0.1) is 6.04 Å². The molecular weight excluding hydrogens is 578 g/mol. The Morgan fingerprint density at radius 1 is 0.936 bits per heavy atom. The molecule has 2 aromatic rings. The van der Waals surface area contributed by atoms with Crippen molar-refractivity contribution >= 4 is 22.4 Å². The average Bonchev–Trinajstić information content (AvgIpc) is 3.09. The summed E-state index contributed by atoms with van der Waals surface area (Å²) in [6.07, 6.45) is 17.1. The molecule has 5 nitrogen and oxygen atoms in total. The average molecular weight is 636 g/mol. The molecule has 0 saturated heterocycles. The number of benzene rings is 2. The van der Waals surface area contributed by atoms with Gasteiger partial charge in [0.15, 0.2) is 0 Å². The van der Waals surface area contributed by atoms with Gasteiger partial charge in [-0.1, -0.05) is 73.2 Å². The van der Waals surface area contributed by atoms with Crippen molar-refractivity contribution in [1.82, 2.24) is 9.80 Å². The normalized spacial score (nSPS) is 19.4. The number of carbonyl (C=O) groups excluding carboxylic acids is 1. The van der Waals surface area contributed by atoms with E-state index < -0.39 is 0 Å². The molecule has 3 unspecified atom stereocenters. The van der Waals surface area contributed by atoms with E-state index in [1.807, 2.05) is 6.08 Å². The van der Waals surface area contributed by atoms with Crippen LogP contribution >= 0.6 is 0 Å². The fourth-order valence-corrected chi connectivity index (χ4v) is 7.26. The Morgan fingerprint density at radius 2 is 1.64 bits per heavy atom. The van der Waals surface area contributed by atoms with Crippen LogP contribution < -0.4 is 5.32 Å². The summed E-state index contributed by atoms with van der Waals surface area (Å²) in [4.78, 5) is 17.3. The highest BCUT2D eigenvalue weighted by Gasteiger charge is 2.30. The monoisotopic (exact) mass is 635 g/mol. The third kappa shape index (κ3) is 8.68. The first-order valence-corrected chi connectivity index (χ1v) is 17.8. The molecule has 2 aromatic carbocycles. The van der Waals surface area contributed by atoms with Gasteiger partial charge in [0.25, 0.3) is 0 Å². The molecule has 5 heteroatoms. The predicted molar refractivity (Wildman–Crippen MR) is 201 cm³/mol. The Balaban J connectivity index is 1.79. The van der Waals surface area contributed by atoms with Crippen molar-refractivity contribution in [2.75, 3.05) is 31.5 Å². The van der Waals surface area contributed by atoms with E-state index in [2.05, 4.69) is 124 Å². The van der Waals surface area contributed by atoms with E-state index in [0.717, 1.165) is 76.1 Å². The first-order valence-electron chi connectivity index (χ1n) is 17.8. The minimum Gasteiger partial charge on any atom is -0.457 e. The molecule has 0 amide bonds. The highest BCUT2D eigenvalue weighted by molar-refractivity contribution is 5.97. The van der Waals surface area contributed by atoms with E-state index in [-0.39, 0.29) is 24.0 Å². The van der Waals surface area contributed by atoms with Gasteiger partial charge in [-0.15, -0.1) is 0 Å². The van der Waals surface area contributed by atoms with E-state index in [9.17, 15) is 4.79 Å². The summed E-state index contributed by atoms with van der Waals surface area (Å²) in [5.41, 5.74) is 8.17. The van der Waals surface area contributed by atoms with E-state index in [4.69, 9.17) is 4.74 Å². The largest absolute Gasteiger partial charge is 0.457 e. The number of carbonyl (C=O) groups is 1. The van der Waals surface area contributed by atoms with Gasteiger partial charge in [0.2, 0.25) is 0 Å². The van der Waals surface area contributed by atoms with Gasteiger partial charge >= 0.3 is 5.97 Å². The number of nitrogens with one attached hydrogen (secondary N) is 1. The molecule has 1 fully saturated rings. The first-order chi connectivity index (χ1) is 22.8. The molecule has 0 bridgehead atoms. The van der Waals surface area contributed by atoms with Crippen molar-refractivity contribution in [3.63, 3.8) is 0 Å². The van der Waals surface area contributed by atoms with Crippen molar-refractivity contribution in [3.8, 4) is 0 Å². The van der Waals surface area contributed by atoms with E-state index in [1.54, 1.807) is 6.92 Å². The third-order valence-electron chi connectivity index (χ3n) is 9.93. The quantitative estimate of drug-likeness (QED) is 0.120. The number of rotatable bonds is 15. The lowest BCUT2D eigenvalue weighted by molar-refractivity contribution is -0.146. The van der Waals surface area contributed by atoms with Crippen LogP contribution in [0.15, 0.2) is 108 Å². The Bertz CT molecular complexity index is 1540. The minimum absolute atomic E-state index is 0.0611. The molecule has 1 saturated carbocycles. The van der Waals surface area contributed by atoms with E-state index in [0.29, 0.717) is 5.57 Å². The fourth-order valence-electron chi connectivity index (χ4n) is 7.26. The summed E-state index contributed by atoms with van der Waals surface area (Å²) in [6, 6.07) is 13.4. The molecule has 2 aliphatic carbocycles. The number of esters is 1. The maximum Gasteiger partial charge on any atom is 0.333 e. The van der Waals surface area contributed by atoms with Crippen LogP contribution in [0.4, 0.5) is 5.69 Å². The summed E-state index contributed by atoms with van der Waals surface area (Å²) >= 11 is 0. The van der Waals surface area contributed by atoms with Gasteiger partial charge in [-0.3, -0.25) is 0 Å². The highest BCUT2D eigenvalue weighted by atomic mass is 16.5. The number of ether oxygens (including phenoxy) is 1. The number of nitrogens with zero attached hydrogens (tertiary/aromatic N) is 2. The number of hydrogen-bond donors (Lipinski definition) is 1. The van der Waals surface area contributed by atoms with Gasteiger partial charge in [0.1, 0.15) is 6.10 Å². The number of fused-ring (bicyclic) bond motifs is 1. The summed E-state index contributed by atoms with van der Waals surface area (Å²) in [6.45, 7) is 24.7. The van der Waals surface area contributed by atoms with Crippen molar-refractivity contribution in [2.45, 2.75) is 98.1 Å². The Kier molecular flexibility index (Phi) is 13.2. The van der Waals surface area contributed by atoms with Crippen molar-refractivity contribution in [3.05, 3.63) is 114 Å². The number of allylic oxidation sites excluding steroid dienone is 8. The lowest BCUT2D eigenvalue weighted by Gasteiger charge is -2.33. The molecule has 3 atom stereocenters. The standard InChI is InChI=1S/C42H57N3O2/c1-9-33(44(10-2)11-3)25-22-31(8)41(32-23-26-34(27-24-32)45(12-4)13-5)37-28-29-38(36-19-15-14-18-35(36)37)43-39-20-16-17-21-40(39)47-42(46)30(6)7/h9,14-15,18-19,22-23,25-26,28-29,39-41,43H,1,6,10-13,16-17,20-21,24,27H2,2-5,7-8H3/b31-22+,33-25+. The van der Waals surface area contributed by atoms with Crippen LogP contribution in [0.3, 0.4) is 0 Å². The molecule has 0 radical (unpaired) electrons. The number of likely N-dealkylation sites (N-methyl/N-ethyl adjacent to an activating group) is 1. The van der Waals surface area contributed by atoms with Crippen molar-refractivity contribution < 1.29 is 9.53 Å². The molecule has 47 heavy (non-hydrogen) atoms. The van der Waals surface area contributed by atoms with Gasteiger partial charge < -0.3 is 19.9 Å². The Labute approximate surface area is 284 Å². The van der Waals surface area contributed by atoms with Crippen LogP contribution in [0.1, 0.15) is 91.5 Å². The van der Waals surface area contributed by atoms with Crippen LogP contribution in [0.5, 0.6) is 0 Å². The van der Waals surface area contributed by atoms with Crippen LogP contribution in [-0.2, 0) is 9.53 Å². The van der Waals surface area contributed by atoms with Crippen LogP contribution in [0, 0.1) is 0 Å². The minimum atomic E-state index is -0.303. The second kappa shape index (κ2) is 17.2. The first kappa shape index (κ1) is 35.9. The second-order valence-corrected chi connectivity index (χ2v) is 12.9. The zero-order valence-electron chi connectivity index (χ0n) is 29.8. The lowest BCUT2D eigenvalue weighted by Crippen LogP contribution is -2.40. The molecule has 0 heterocycles. The van der Waals surface area contributed by atoms with Crippen LogP contribution in [0.2, 0.25) is 0 Å². The van der Waals surface area contributed by atoms with Crippen molar-refractivity contribution in [1.29, 1.82) is 0 Å².